The molecule has 1 aliphatic heterocycles. The van der Waals surface area contributed by atoms with Crippen LogP contribution in [0.15, 0.2) is 24.3 Å². The van der Waals surface area contributed by atoms with Crippen molar-refractivity contribution in [2.24, 2.45) is 11.8 Å². The molecule has 2 N–H and O–H groups in total. The van der Waals surface area contributed by atoms with Gasteiger partial charge >= 0.3 is 12.6 Å². The zero-order chi connectivity index (χ0) is 22.1. The molecule has 7 nitrogen and oxygen atoms in total. The summed E-state index contributed by atoms with van der Waals surface area (Å²) in [6.07, 6.45) is 3.03. The summed E-state index contributed by atoms with van der Waals surface area (Å²) >= 11 is 0. The Morgan fingerprint density at radius 2 is 1.93 bits per heavy atom. The second-order valence-electron chi connectivity index (χ2n) is 8.29. The van der Waals surface area contributed by atoms with Crippen molar-refractivity contribution in [2.45, 2.75) is 58.2 Å². The molecule has 0 aromatic heterocycles. The van der Waals surface area contributed by atoms with E-state index in [1.54, 1.807) is 0 Å². The smallest absolute Gasteiger partial charge is 0.387 e. The lowest BCUT2D eigenvalue weighted by molar-refractivity contribution is -0.135. The first kappa shape index (κ1) is 22.0. The summed E-state index contributed by atoms with van der Waals surface area (Å²) in [6, 6.07) is 4.82. The van der Waals surface area contributed by atoms with Crippen LogP contribution in [0.2, 0.25) is 0 Å². The average molecular weight is 423 g/mol. The number of hydrogen-bond acceptors (Lipinski definition) is 4. The molecule has 4 amide bonds. The third-order valence-corrected chi connectivity index (χ3v) is 6.29. The number of nitrogens with zero attached hydrogens (tertiary/aromatic N) is 1. The molecule has 1 aromatic rings. The summed E-state index contributed by atoms with van der Waals surface area (Å²) in [5.41, 5.74) is -0.993. The number of halogens is 2. The van der Waals surface area contributed by atoms with Crippen molar-refractivity contribution >= 4 is 17.8 Å². The van der Waals surface area contributed by atoms with Crippen LogP contribution < -0.4 is 15.4 Å². The molecule has 2 fully saturated rings. The maximum Gasteiger partial charge on any atom is 0.387 e. The van der Waals surface area contributed by atoms with Gasteiger partial charge < -0.3 is 15.4 Å². The van der Waals surface area contributed by atoms with Gasteiger partial charge in [0.25, 0.3) is 5.91 Å². The lowest BCUT2D eigenvalue weighted by Gasteiger charge is -2.34. The predicted molar refractivity (Wildman–Crippen MR) is 105 cm³/mol. The number of benzene rings is 1. The van der Waals surface area contributed by atoms with E-state index >= 15 is 0 Å². The van der Waals surface area contributed by atoms with Gasteiger partial charge in [-0.2, -0.15) is 8.78 Å². The van der Waals surface area contributed by atoms with Gasteiger partial charge in [-0.25, -0.2) is 4.79 Å². The van der Waals surface area contributed by atoms with Crippen LogP contribution in [-0.2, 0) is 15.1 Å². The van der Waals surface area contributed by atoms with E-state index in [0.29, 0.717) is 17.4 Å². The minimum atomic E-state index is -2.96. The number of amides is 4. The lowest BCUT2D eigenvalue weighted by Crippen LogP contribution is -2.48. The molecule has 1 aliphatic carbocycles. The predicted octanol–water partition coefficient (Wildman–Crippen LogP) is 3.00. The number of carbonyl (C=O) groups is 3. The Morgan fingerprint density at radius 1 is 1.27 bits per heavy atom. The second kappa shape index (κ2) is 8.57. The Hall–Kier alpha value is -2.71. The third kappa shape index (κ3) is 4.39. The van der Waals surface area contributed by atoms with Crippen LogP contribution in [0.3, 0.4) is 0 Å². The summed E-state index contributed by atoms with van der Waals surface area (Å²) in [5.74, 6) is -0.183. The van der Waals surface area contributed by atoms with E-state index in [4.69, 9.17) is 0 Å². The van der Waals surface area contributed by atoms with Crippen molar-refractivity contribution in [3.63, 3.8) is 0 Å². The van der Waals surface area contributed by atoms with Gasteiger partial charge in [-0.3, -0.25) is 14.5 Å². The fraction of sp³-hybridized carbons (Fsp3) is 0.571. The number of urea groups is 1. The van der Waals surface area contributed by atoms with E-state index in [9.17, 15) is 23.2 Å². The molecule has 30 heavy (non-hydrogen) atoms. The quantitative estimate of drug-likeness (QED) is 0.689. The molecule has 164 valence electrons. The highest BCUT2D eigenvalue weighted by molar-refractivity contribution is 6.09. The molecular weight excluding hydrogens is 396 g/mol. The largest absolute Gasteiger partial charge is 0.435 e. The Balaban J connectivity index is 1.67. The molecule has 2 aliphatic rings. The summed E-state index contributed by atoms with van der Waals surface area (Å²) in [5, 5.41) is 5.56. The van der Waals surface area contributed by atoms with Gasteiger partial charge in [0.05, 0.1) is 0 Å². The van der Waals surface area contributed by atoms with Crippen molar-refractivity contribution < 1.29 is 27.9 Å². The number of hydrogen-bond donors (Lipinski definition) is 2. The lowest BCUT2D eigenvalue weighted by atomic mass is 9.78. The summed E-state index contributed by atoms with van der Waals surface area (Å²) in [6.45, 7) is 2.44. The first-order valence-corrected chi connectivity index (χ1v) is 10.1. The molecule has 4 atom stereocenters. The Morgan fingerprint density at radius 3 is 2.57 bits per heavy atom. The number of alkyl halides is 2. The second-order valence-corrected chi connectivity index (χ2v) is 8.29. The first-order chi connectivity index (χ1) is 14.1. The number of carbonyl (C=O) groups excluding carboxylic acids is 3. The number of nitrogens with one attached hydrogen (secondary N) is 2. The molecule has 0 unspecified atom stereocenters. The highest BCUT2D eigenvalue weighted by Gasteiger charge is 2.49. The van der Waals surface area contributed by atoms with E-state index in [0.717, 1.165) is 24.2 Å². The van der Waals surface area contributed by atoms with Crippen molar-refractivity contribution in [3.05, 3.63) is 29.8 Å². The number of ether oxygens (including phenoxy) is 1. The Labute approximate surface area is 174 Å². The fourth-order valence-electron chi connectivity index (χ4n) is 4.19. The third-order valence-electron chi connectivity index (χ3n) is 6.29. The summed E-state index contributed by atoms with van der Waals surface area (Å²) < 4.78 is 28.9. The van der Waals surface area contributed by atoms with Gasteiger partial charge in [0, 0.05) is 6.04 Å². The zero-order valence-electron chi connectivity index (χ0n) is 17.3. The van der Waals surface area contributed by atoms with Crippen LogP contribution in [-0.4, -0.2) is 41.9 Å². The monoisotopic (exact) mass is 423 g/mol. The van der Waals surface area contributed by atoms with Crippen LogP contribution in [0, 0.1) is 11.8 Å². The molecule has 1 saturated heterocycles. The van der Waals surface area contributed by atoms with Gasteiger partial charge in [-0.05, 0) is 42.9 Å². The van der Waals surface area contributed by atoms with E-state index in [2.05, 4.69) is 29.2 Å². The standard InChI is InChI=1S/C21H27F2N3O4/c1-12-5-4-6-16(13(12)2)24-17(27)11-26-18(28)21(3,25-20(26)29)14-7-9-15(10-8-14)30-19(22)23/h7-10,12-13,16,19H,4-6,11H2,1-3H3,(H,24,27)(H,25,29)/t12-,13+,16+,21+/m1/s1. The molecule has 1 aromatic carbocycles. The van der Waals surface area contributed by atoms with Gasteiger partial charge in [0.2, 0.25) is 5.91 Å². The van der Waals surface area contributed by atoms with Crippen LogP contribution in [0.1, 0.15) is 45.6 Å². The van der Waals surface area contributed by atoms with Crippen LogP contribution in [0.4, 0.5) is 13.6 Å². The summed E-state index contributed by atoms with van der Waals surface area (Å²) in [7, 11) is 0. The van der Waals surface area contributed by atoms with Gasteiger partial charge in [0.15, 0.2) is 0 Å². The summed E-state index contributed by atoms with van der Waals surface area (Å²) in [4.78, 5) is 38.8. The zero-order valence-corrected chi connectivity index (χ0v) is 17.3. The molecular formula is C21H27F2N3O4. The van der Waals surface area contributed by atoms with Crippen LogP contribution >= 0.6 is 0 Å². The molecule has 0 spiro atoms. The van der Waals surface area contributed by atoms with Gasteiger partial charge in [0.1, 0.15) is 17.8 Å². The fourth-order valence-corrected chi connectivity index (χ4v) is 4.19. The molecule has 3 rings (SSSR count). The van der Waals surface area contributed by atoms with Gasteiger partial charge in [-0.1, -0.05) is 38.8 Å². The number of rotatable bonds is 6. The molecule has 1 heterocycles. The maximum atomic E-state index is 13.0. The molecule has 1 saturated carbocycles. The van der Waals surface area contributed by atoms with Crippen molar-refractivity contribution in [1.82, 2.24) is 15.5 Å². The van der Waals surface area contributed by atoms with Crippen molar-refractivity contribution in [2.75, 3.05) is 6.54 Å². The highest BCUT2D eigenvalue weighted by atomic mass is 19.3. The topological polar surface area (TPSA) is 87.7 Å². The minimum absolute atomic E-state index is 0.0239. The van der Waals surface area contributed by atoms with Crippen LogP contribution in [0.25, 0.3) is 0 Å². The molecule has 0 bridgehead atoms. The average Bonchev–Trinajstić information content (AvgIpc) is 2.89. The SMILES string of the molecule is C[C@H]1[C@H](C)CCC[C@@H]1NC(=O)CN1C(=O)N[C@@](C)(c2ccc(OC(F)F)cc2)C1=O. The Bertz CT molecular complexity index is 817. The van der Waals surface area contributed by atoms with Crippen LogP contribution in [0.5, 0.6) is 5.75 Å². The minimum Gasteiger partial charge on any atom is -0.435 e. The molecule has 9 heteroatoms. The van der Waals surface area contributed by atoms with E-state index < -0.39 is 24.1 Å². The highest BCUT2D eigenvalue weighted by Crippen LogP contribution is 2.31. The van der Waals surface area contributed by atoms with Crippen molar-refractivity contribution in [3.8, 4) is 5.75 Å². The van der Waals surface area contributed by atoms with E-state index in [1.165, 1.54) is 31.2 Å². The number of imide groups is 1. The van der Waals surface area contributed by atoms with E-state index in [-0.39, 0.29) is 24.2 Å². The Kier molecular flexibility index (Phi) is 6.28. The van der Waals surface area contributed by atoms with E-state index in [1.807, 2.05) is 0 Å². The normalized spacial score (nSPS) is 29.1. The van der Waals surface area contributed by atoms with Gasteiger partial charge in [-0.15, -0.1) is 0 Å². The molecule has 0 radical (unpaired) electrons. The van der Waals surface area contributed by atoms with Crippen molar-refractivity contribution in [1.29, 1.82) is 0 Å². The first-order valence-electron chi connectivity index (χ1n) is 10.1. The maximum absolute atomic E-state index is 13.0.